The maximum absolute atomic E-state index is 5.37. The Morgan fingerprint density at radius 1 is 1.10 bits per heavy atom. The molecule has 3 rings (SSSR count). The minimum Gasteiger partial charge on any atom is -0.495 e. The Labute approximate surface area is 128 Å². The Morgan fingerprint density at radius 2 is 1.90 bits per heavy atom. The first-order chi connectivity index (χ1) is 9.76. The van der Waals surface area contributed by atoms with Gasteiger partial charge in [-0.25, -0.2) is 0 Å². The van der Waals surface area contributed by atoms with Crippen LogP contribution in [0.2, 0.25) is 0 Å². The molecule has 0 radical (unpaired) electrons. The van der Waals surface area contributed by atoms with Gasteiger partial charge in [-0.1, -0.05) is 40.2 Å². The summed E-state index contributed by atoms with van der Waals surface area (Å²) >= 11 is 3.54. The molecule has 0 unspecified atom stereocenters. The topological polar surface area (TPSA) is 21.3 Å². The minimum atomic E-state index is 0.537. The number of hydrogen-bond acceptors (Lipinski definition) is 2. The van der Waals surface area contributed by atoms with Gasteiger partial charge >= 0.3 is 0 Å². The Kier molecular flexibility index (Phi) is 3.97. The summed E-state index contributed by atoms with van der Waals surface area (Å²) in [5.41, 5.74) is 2.52. The van der Waals surface area contributed by atoms with Gasteiger partial charge < -0.3 is 10.1 Å². The molecule has 20 heavy (non-hydrogen) atoms. The third-order valence-electron chi connectivity index (χ3n) is 3.92. The van der Waals surface area contributed by atoms with E-state index in [2.05, 4.69) is 51.6 Å². The number of halogens is 1. The van der Waals surface area contributed by atoms with Gasteiger partial charge in [-0.05, 0) is 48.6 Å². The van der Waals surface area contributed by atoms with Crippen molar-refractivity contribution in [2.24, 2.45) is 0 Å². The van der Waals surface area contributed by atoms with E-state index in [9.17, 15) is 0 Å². The van der Waals surface area contributed by atoms with E-state index in [1.165, 1.54) is 18.4 Å². The van der Waals surface area contributed by atoms with Crippen molar-refractivity contribution in [3.8, 4) is 5.75 Å². The van der Waals surface area contributed by atoms with Gasteiger partial charge in [0.15, 0.2) is 0 Å². The van der Waals surface area contributed by atoms with E-state index in [4.69, 9.17) is 4.74 Å². The Balaban J connectivity index is 1.61. The van der Waals surface area contributed by atoms with Crippen LogP contribution in [0.1, 0.15) is 24.3 Å². The highest BCUT2D eigenvalue weighted by molar-refractivity contribution is 9.10. The lowest BCUT2D eigenvalue weighted by molar-refractivity contribution is 0.370. The van der Waals surface area contributed by atoms with E-state index in [0.29, 0.717) is 12.0 Å². The molecule has 0 heterocycles. The van der Waals surface area contributed by atoms with E-state index >= 15 is 0 Å². The highest BCUT2D eigenvalue weighted by Crippen LogP contribution is 2.40. The van der Waals surface area contributed by atoms with Crippen molar-refractivity contribution in [3.05, 3.63) is 58.6 Å². The van der Waals surface area contributed by atoms with Crippen LogP contribution in [0.25, 0.3) is 0 Å². The van der Waals surface area contributed by atoms with Gasteiger partial charge in [0.05, 0.1) is 12.8 Å². The van der Waals surface area contributed by atoms with Gasteiger partial charge in [0, 0.05) is 10.5 Å². The van der Waals surface area contributed by atoms with Crippen molar-refractivity contribution in [3.63, 3.8) is 0 Å². The van der Waals surface area contributed by atoms with Crippen molar-refractivity contribution < 1.29 is 4.74 Å². The van der Waals surface area contributed by atoms with Crippen LogP contribution >= 0.6 is 15.9 Å². The third kappa shape index (κ3) is 2.83. The molecule has 1 saturated carbocycles. The lowest BCUT2D eigenvalue weighted by atomic mass is 9.76. The molecule has 2 aromatic carbocycles. The van der Waals surface area contributed by atoms with Crippen LogP contribution in [0, 0.1) is 0 Å². The van der Waals surface area contributed by atoms with Crippen LogP contribution in [-0.2, 0) is 0 Å². The largest absolute Gasteiger partial charge is 0.495 e. The van der Waals surface area contributed by atoms with Crippen LogP contribution in [-0.4, -0.2) is 13.2 Å². The van der Waals surface area contributed by atoms with Crippen LogP contribution in [0.4, 0.5) is 5.69 Å². The van der Waals surface area contributed by atoms with Crippen LogP contribution < -0.4 is 10.1 Å². The molecule has 2 nitrogen and oxygen atoms in total. The molecule has 1 aliphatic rings. The molecule has 1 fully saturated rings. The first-order valence-electron chi connectivity index (χ1n) is 6.91. The number of benzene rings is 2. The number of anilines is 1. The zero-order chi connectivity index (χ0) is 13.9. The quantitative estimate of drug-likeness (QED) is 0.867. The molecule has 0 atom stereocenters. The number of rotatable bonds is 4. The number of nitrogens with one attached hydrogen (secondary N) is 1. The number of hydrogen-bond donors (Lipinski definition) is 1. The van der Waals surface area contributed by atoms with E-state index < -0.39 is 0 Å². The molecule has 2 aromatic rings. The van der Waals surface area contributed by atoms with Gasteiger partial charge in [0.2, 0.25) is 0 Å². The maximum Gasteiger partial charge on any atom is 0.141 e. The Bertz CT molecular complexity index is 593. The van der Waals surface area contributed by atoms with E-state index in [0.717, 1.165) is 15.9 Å². The summed E-state index contributed by atoms with van der Waals surface area (Å²) in [6, 6.07) is 17.3. The number of ether oxygens (including phenoxy) is 1. The van der Waals surface area contributed by atoms with Gasteiger partial charge in [0.1, 0.15) is 5.75 Å². The monoisotopic (exact) mass is 331 g/mol. The Hall–Kier alpha value is -1.48. The molecular formula is C17H18BrNO. The van der Waals surface area contributed by atoms with Crippen LogP contribution in [0.3, 0.4) is 0 Å². The molecule has 0 bridgehead atoms. The van der Waals surface area contributed by atoms with Gasteiger partial charge in [-0.3, -0.25) is 0 Å². The van der Waals surface area contributed by atoms with Gasteiger partial charge in [0.25, 0.3) is 0 Å². The average Bonchev–Trinajstić information content (AvgIpc) is 2.42. The molecule has 0 aliphatic heterocycles. The highest BCUT2D eigenvalue weighted by Gasteiger charge is 2.30. The van der Waals surface area contributed by atoms with Crippen molar-refractivity contribution in [2.45, 2.75) is 24.8 Å². The van der Waals surface area contributed by atoms with Crippen LogP contribution in [0.5, 0.6) is 5.75 Å². The van der Waals surface area contributed by atoms with Crippen molar-refractivity contribution in [1.82, 2.24) is 0 Å². The lowest BCUT2D eigenvalue weighted by Crippen LogP contribution is -2.34. The summed E-state index contributed by atoms with van der Waals surface area (Å²) in [7, 11) is 1.71. The SMILES string of the molecule is COc1ccccc1NC1CC(c2cccc(Br)c2)C1. The minimum absolute atomic E-state index is 0.537. The first kappa shape index (κ1) is 13.5. The summed E-state index contributed by atoms with van der Waals surface area (Å²) in [6.45, 7) is 0. The van der Waals surface area contributed by atoms with Crippen molar-refractivity contribution in [2.75, 3.05) is 12.4 Å². The molecule has 1 aliphatic carbocycles. The zero-order valence-corrected chi connectivity index (χ0v) is 13.1. The number of methoxy groups -OCH3 is 1. The molecule has 1 N–H and O–H groups in total. The predicted molar refractivity (Wildman–Crippen MR) is 86.5 cm³/mol. The second kappa shape index (κ2) is 5.88. The molecule has 0 aromatic heterocycles. The van der Waals surface area contributed by atoms with E-state index in [1.54, 1.807) is 7.11 Å². The smallest absolute Gasteiger partial charge is 0.141 e. The van der Waals surface area contributed by atoms with Crippen molar-refractivity contribution in [1.29, 1.82) is 0 Å². The predicted octanol–water partition coefficient (Wildman–Crippen LogP) is 4.82. The van der Waals surface area contributed by atoms with Crippen LogP contribution in [0.15, 0.2) is 53.0 Å². The maximum atomic E-state index is 5.37. The van der Waals surface area contributed by atoms with E-state index in [1.807, 2.05) is 18.2 Å². The molecule has 104 valence electrons. The third-order valence-corrected chi connectivity index (χ3v) is 4.42. The number of para-hydroxylation sites is 2. The summed E-state index contributed by atoms with van der Waals surface area (Å²) in [5, 5.41) is 3.58. The summed E-state index contributed by atoms with van der Waals surface area (Å²) in [4.78, 5) is 0. The first-order valence-corrected chi connectivity index (χ1v) is 7.70. The normalized spacial score (nSPS) is 21.1. The molecule has 0 saturated heterocycles. The average molecular weight is 332 g/mol. The second-order valence-electron chi connectivity index (χ2n) is 5.26. The summed E-state index contributed by atoms with van der Waals surface area (Å²) in [5.74, 6) is 1.58. The highest BCUT2D eigenvalue weighted by atomic mass is 79.9. The lowest BCUT2D eigenvalue weighted by Gasteiger charge is -2.37. The molecular weight excluding hydrogens is 314 g/mol. The summed E-state index contributed by atoms with van der Waals surface area (Å²) < 4.78 is 6.54. The van der Waals surface area contributed by atoms with Gasteiger partial charge in [-0.2, -0.15) is 0 Å². The second-order valence-corrected chi connectivity index (χ2v) is 6.18. The molecule has 3 heteroatoms. The zero-order valence-electron chi connectivity index (χ0n) is 11.5. The molecule has 0 spiro atoms. The van der Waals surface area contributed by atoms with Crippen molar-refractivity contribution >= 4 is 21.6 Å². The molecule has 0 amide bonds. The summed E-state index contributed by atoms with van der Waals surface area (Å²) in [6.07, 6.45) is 2.35. The fourth-order valence-electron chi connectivity index (χ4n) is 2.75. The van der Waals surface area contributed by atoms with E-state index in [-0.39, 0.29) is 0 Å². The Morgan fingerprint density at radius 3 is 2.65 bits per heavy atom. The fourth-order valence-corrected chi connectivity index (χ4v) is 3.17. The van der Waals surface area contributed by atoms with Gasteiger partial charge in [-0.15, -0.1) is 0 Å². The standard InChI is InChI=1S/C17H18BrNO/c1-20-17-8-3-2-7-16(17)19-15-10-13(11-15)12-5-4-6-14(18)9-12/h2-9,13,15,19H,10-11H2,1H3. The fraction of sp³-hybridized carbons (Fsp3) is 0.294.